The van der Waals surface area contributed by atoms with Crippen LogP contribution in [0.5, 0.6) is 0 Å². The number of nitrogens with zero attached hydrogens (tertiary/aromatic N) is 3. The highest BCUT2D eigenvalue weighted by molar-refractivity contribution is 5.79. The van der Waals surface area contributed by atoms with Gasteiger partial charge in [-0.25, -0.2) is 4.99 Å². The van der Waals surface area contributed by atoms with Crippen molar-refractivity contribution in [2.24, 2.45) is 10.9 Å². The number of aliphatic hydroxyl groups excluding tert-OH is 1. The van der Waals surface area contributed by atoms with E-state index in [4.69, 9.17) is 4.99 Å². The molecular weight excluding hydrogens is 362 g/mol. The summed E-state index contributed by atoms with van der Waals surface area (Å²) in [5.41, 5.74) is 2.51. The van der Waals surface area contributed by atoms with Gasteiger partial charge in [-0.2, -0.15) is 0 Å². The van der Waals surface area contributed by atoms with Crippen LogP contribution in [0.25, 0.3) is 0 Å². The summed E-state index contributed by atoms with van der Waals surface area (Å²) >= 11 is 0. The predicted molar refractivity (Wildman–Crippen MR) is 122 cm³/mol. The van der Waals surface area contributed by atoms with E-state index in [0.717, 1.165) is 51.5 Å². The van der Waals surface area contributed by atoms with Crippen LogP contribution in [0.4, 0.5) is 5.69 Å². The Morgan fingerprint density at radius 3 is 2.48 bits per heavy atom. The molecule has 3 rings (SSSR count). The van der Waals surface area contributed by atoms with Crippen molar-refractivity contribution in [1.29, 1.82) is 0 Å². The molecule has 2 aliphatic rings. The Morgan fingerprint density at radius 1 is 1.07 bits per heavy atom. The van der Waals surface area contributed by atoms with Crippen LogP contribution >= 0.6 is 0 Å². The van der Waals surface area contributed by atoms with E-state index >= 15 is 0 Å². The second-order valence-electron chi connectivity index (χ2n) is 8.28. The zero-order chi connectivity index (χ0) is 20.5. The first-order valence-electron chi connectivity index (χ1n) is 11.4. The summed E-state index contributed by atoms with van der Waals surface area (Å²) in [5.74, 6) is 1.39. The van der Waals surface area contributed by atoms with Gasteiger partial charge in [-0.15, -0.1) is 0 Å². The van der Waals surface area contributed by atoms with Crippen LogP contribution in [0.1, 0.15) is 45.1 Å². The number of rotatable bonds is 8. The summed E-state index contributed by atoms with van der Waals surface area (Å²) < 4.78 is 0. The number of piperidine rings is 1. The molecule has 6 heteroatoms. The van der Waals surface area contributed by atoms with E-state index < -0.39 is 0 Å². The zero-order valence-electron chi connectivity index (χ0n) is 18.2. The third-order valence-electron chi connectivity index (χ3n) is 6.35. The second kappa shape index (κ2) is 11.4. The van der Waals surface area contributed by atoms with Crippen molar-refractivity contribution in [2.75, 3.05) is 50.8 Å². The molecule has 1 unspecified atom stereocenters. The minimum absolute atomic E-state index is 0.324. The first-order valence-corrected chi connectivity index (χ1v) is 11.4. The molecule has 1 aromatic carbocycles. The SMILES string of the molecule is CCNC(=NCc1ccc(N2CCC(CO)CC2)cc1)NCC1CCCN1CC. The fourth-order valence-corrected chi connectivity index (χ4v) is 4.46. The number of hydrogen-bond acceptors (Lipinski definition) is 4. The van der Waals surface area contributed by atoms with Gasteiger partial charge in [-0.05, 0) is 69.3 Å². The first-order chi connectivity index (χ1) is 14.2. The van der Waals surface area contributed by atoms with Crippen molar-refractivity contribution in [3.8, 4) is 0 Å². The largest absolute Gasteiger partial charge is 0.396 e. The molecule has 1 atom stereocenters. The van der Waals surface area contributed by atoms with Gasteiger partial charge in [-0.1, -0.05) is 19.1 Å². The van der Waals surface area contributed by atoms with Crippen LogP contribution in [0.3, 0.4) is 0 Å². The molecule has 2 aliphatic heterocycles. The lowest BCUT2D eigenvalue weighted by molar-refractivity contribution is 0.203. The fourth-order valence-electron chi connectivity index (χ4n) is 4.46. The van der Waals surface area contributed by atoms with Gasteiger partial charge in [0.15, 0.2) is 5.96 Å². The summed E-state index contributed by atoms with van der Waals surface area (Å²) in [7, 11) is 0. The Balaban J connectivity index is 1.51. The number of likely N-dealkylation sites (tertiary alicyclic amines) is 1. The van der Waals surface area contributed by atoms with Crippen LogP contribution < -0.4 is 15.5 Å². The van der Waals surface area contributed by atoms with Gasteiger partial charge >= 0.3 is 0 Å². The lowest BCUT2D eigenvalue weighted by atomic mass is 9.97. The van der Waals surface area contributed by atoms with Crippen molar-refractivity contribution in [3.05, 3.63) is 29.8 Å². The van der Waals surface area contributed by atoms with Crippen molar-refractivity contribution in [3.63, 3.8) is 0 Å². The number of anilines is 1. The molecule has 0 bridgehead atoms. The molecule has 6 nitrogen and oxygen atoms in total. The Hall–Kier alpha value is -1.79. The number of benzene rings is 1. The molecule has 0 aromatic heterocycles. The summed E-state index contributed by atoms with van der Waals surface area (Å²) in [4.78, 5) is 9.77. The van der Waals surface area contributed by atoms with Crippen molar-refractivity contribution >= 4 is 11.6 Å². The van der Waals surface area contributed by atoms with Gasteiger partial charge in [-0.3, -0.25) is 4.90 Å². The maximum Gasteiger partial charge on any atom is 0.191 e. The van der Waals surface area contributed by atoms with Crippen LogP contribution in [-0.4, -0.2) is 67.9 Å². The summed E-state index contributed by atoms with van der Waals surface area (Å²) in [6, 6.07) is 9.43. The molecule has 0 saturated carbocycles. The summed E-state index contributed by atoms with van der Waals surface area (Å²) in [6.45, 7) is 11.6. The van der Waals surface area contributed by atoms with Gasteiger partial charge in [0.1, 0.15) is 0 Å². The molecule has 2 fully saturated rings. The molecule has 162 valence electrons. The number of likely N-dealkylation sites (N-methyl/N-ethyl adjacent to an activating group) is 1. The van der Waals surface area contributed by atoms with Crippen molar-refractivity contribution < 1.29 is 5.11 Å². The van der Waals surface area contributed by atoms with E-state index in [1.807, 2.05) is 0 Å². The molecule has 1 aromatic rings. The number of aliphatic imine (C=N–C) groups is 1. The lowest BCUT2D eigenvalue weighted by Gasteiger charge is -2.32. The van der Waals surface area contributed by atoms with E-state index in [2.05, 4.69) is 58.5 Å². The standard InChI is InChI=1S/C23H39N5O/c1-3-24-23(26-17-22-6-5-13-27(22)4-2)25-16-19-7-9-21(10-8-19)28-14-11-20(18-29)12-15-28/h7-10,20,22,29H,3-6,11-18H2,1-2H3,(H2,24,25,26). The smallest absolute Gasteiger partial charge is 0.191 e. The van der Waals surface area contributed by atoms with E-state index in [-0.39, 0.29) is 0 Å². The van der Waals surface area contributed by atoms with E-state index in [0.29, 0.717) is 25.1 Å². The van der Waals surface area contributed by atoms with Crippen LogP contribution in [0.15, 0.2) is 29.3 Å². The molecule has 3 N–H and O–H groups in total. The normalized spacial score (nSPS) is 21.6. The molecule has 0 radical (unpaired) electrons. The quantitative estimate of drug-likeness (QED) is 0.461. The average molecular weight is 402 g/mol. The van der Waals surface area contributed by atoms with Gasteiger partial charge in [0.2, 0.25) is 0 Å². The van der Waals surface area contributed by atoms with E-state index in [1.54, 1.807) is 0 Å². The highest BCUT2D eigenvalue weighted by atomic mass is 16.3. The Labute approximate surface area is 176 Å². The third-order valence-corrected chi connectivity index (χ3v) is 6.35. The van der Waals surface area contributed by atoms with E-state index in [9.17, 15) is 5.11 Å². The van der Waals surface area contributed by atoms with Crippen LogP contribution in [0.2, 0.25) is 0 Å². The molecular formula is C23H39N5O. The Bertz CT molecular complexity index is 625. The lowest BCUT2D eigenvalue weighted by Crippen LogP contribution is -2.44. The maximum absolute atomic E-state index is 9.31. The summed E-state index contributed by atoms with van der Waals surface area (Å²) in [5, 5.41) is 16.2. The van der Waals surface area contributed by atoms with Gasteiger partial charge in [0, 0.05) is 44.5 Å². The molecule has 0 aliphatic carbocycles. The van der Waals surface area contributed by atoms with E-state index in [1.165, 1.54) is 30.6 Å². The van der Waals surface area contributed by atoms with Crippen molar-refractivity contribution in [2.45, 2.75) is 52.1 Å². The highest BCUT2D eigenvalue weighted by Crippen LogP contribution is 2.23. The molecule has 0 spiro atoms. The Kier molecular flexibility index (Phi) is 8.62. The Morgan fingerprint density at radius 2 is 1.83 bits per heavy atom. The van der Waals surface area contributed by atoms with Gasteiger partial charge in [0.25, 0.3) is 0 Å². The summed E-state index contributed by atoms with van der Waals surface area (Å²) in [6.07, 6.45) is 4.74. The van der Waals surface area contributed by atoms with Crippen molar-refractivity contribution in [1.82, 2.24) is 15.5 Å². The topological polar surface area (TPSA) is 63.1 Å². The van der Waals surface area contributed by atoms with Gasteiger partial charge < -0.3 is 20.6 Å². The fraction of sp³-hybridized carbons (Fsp3) is 0.696. The molecule has 2 saturated heterocycles. The maximum atomic E-state index is 9.31. The first kappa shape index (κ1) is 21.9. The van der Waals surface area contributed by atoms with Crippen LogP contribution in [0, 0.1) is 5.92 Å². The molecule has 0 amide bonds. The number of guanidine groups is 1. The predicted octanol–water partition coefficient (Wildman–Crippen LogP) is 2.43. The average Bonchev–Trinajstić information content (AvgIpc) is 3.24. The molecule has 29 heavy (non-hydrogen) atoms. The zero-order valence-corrected chi connectivity index (χ0v) is 18.2. The second-order valence-corrected chi connectivity index (χ2v) is 8.28. The minimum Gasteiger partial charge on any atom is -0.396 e. The number of aliphatic hydroxyl groups is 1. The monoisotopic (exact) mass is 401 g/mol. The third kappa shape index (κ3) is 6.34. The van der Waals surface area contributed by atoms with Gasteiger partial charge in [0.05, 0.1) is 6.54 Å². The molecule has 2 heterocycles. The van der Waals surface area contributed by atoms with Crippen LogP contribution in [-0.2, 0) is 6.54 Å². The minimum atomic E-state index is 0.324. The highest BCUT2D eigenvalue weighted by Gasteiger charge is 2.22. The number of hydrogen-bond donors (Lipinski definition) is 3. The number of nitrogens with one attached hydrogen (secondary N) is 2.